The van der Waals surface area contributed by atoms with Gasteiger partial charge in [0.15, 0.2) is 0 Å². The van der Waals surface area contributed by atoms with Gasteiger partial charge in [0.2, 0.25) is 5.91 Å². The second kappa shape index (κ2) is 6.34. The maximum absolute atomic E-state index is 12.4. The molecule has 2 N–H and O–H groups in total. The lowest BCUT2D eigenvalue weighted by atomic mass is 10.4. The Morgan fingerprint density at radius 3 is 2.83 bits per heavy atom. The molecular weight excluding hydrogens is 258 g/mol. The van der Waals surface area contributed by atoms with Gasteiger partial charge in [-0.2, -0.15) is 13.9 Å². The van der Waals surface area contributed by atoms with E-state index in [1.165, 1.54) is 6.20 Å². The third-order valence-electron chi connectivity index (χ3n) is 1.88. The molecule has 0 bridgehead atoms. The summed E-state index contributed by atoms with van der Waals surface area (Å²) in [7, 11) is 0. The van der Waals surface area contributed by atoms with Gasteiger partial charge in [-0.15, -0.1) is 0 Å². The van der Waals surface area contributed by atoms with E-state index in [0.29, 0.717) is 5.69 Å². The summed E-state index contributed by atoms with van der Waals surface area (Å²) < 4.78 is 52.5. The van der Waals surface area contributed by atoms with Crippen LogP contribution in [0.2, 0.25) is 0 Å². The highest BCUT2D eigenvalue weighted by molar-refractivity contribution is 5.77. The molecule has 0 unspecified atom stereocenters. The third kappa shape index (κ3) is 4.70. The van der Waals surface area contributed by atoms with Crippen molar-refractivity contribution in [2.45, 2.75) is 18.9 Å². The summed E-state index contributed by atoms with van der Waals surface area (Å²) in [5, 5.41) is 8.52. The van der Waals surface area contributed by atoms with E-state index in [2.05, 4.69) is 20.3 Å². The molecule has 1 amide bonds. The van der Waals surface area contributed by atoms with Gasteiger partial charge in [0.25, 0.3) is 0 Å². The van der Waals surface area contributed by atoms with Crippen LogP contribution in [-0.4, -0.2) is 41.7 Å². The van der Waals surface area contributed by atoms with Crippen LogP contribution in [0.1, 0.15) is 5.69 Å². The van der Waals surface area contributed by atoms with Gasteiger partial charge in [-0.25, -0.2) is 8.78 Å². The molecule has 1 heterocycles. The van der Waals surface area contributed by atoms with Crippen molar-refractivity contribution < 1.29 is 27.1 Å². The Bertz CT molecular complexity index is 370. The second-order valence-electron chi connectivity index (χ2n) is 3.41. The van der Waals surface area contributed by atoms with Crippen LogP contribution in [0.25, 0.3) is 0 Å². The molecule has 0 aromatic carbocycles. The normalized spacial score (nSPS) is 11.8. The molecule has 1 rings (SSSR count). The quantitative estimate of drug-likeness (QED) is 0.724. The molecule has 0 saturated heterocycles. The van der Waals surface area contributed by atoms with Crippen molar-refractivity contribution in [3.8, 4) is 0 Å². The highest BCUT2D eigenvalue weighted by Crippen LogP contribution is 2.22. The van der Waals surface area contributed by atoms with Crippen LogP contribution in [0.15, 0.2) is 12.3 Å². The number of hydrogen-bond acceptors (Lipinski definition) is 3. The van der Waals surface area contributed by atoms with Crippen LogP contribution < -0.4 is 5.32 Å². The lowest BCUT2D eigenvalue weighted by Crippen LogP contribution is -2.35. The molecule has 0 radical (unpaired) electrons. The molecule has 1 aromatic rings. The first-order chi connectivity index (χ1) is 8.42. The van der Waals surface area contributed by atoms with Gasteiger partial charge >= 0.3 is 12.3 Å². The molecule has 1 aromatic heterocycles. The minimum Gasteiger partial charge on any atom is -0.365 e. The molecule has 0 saturated carbocycles. The number of nitrogens with one attached hydrogen (secondary N) is 2. The zero-order valence-electron chi connectivity index (χ0n) is 9.13. The standard InChI is InChI=1S/C9H11F4N3O2/c10-8(11)9(12,13)5-18-4-7(17)14-3-6-1-2-15-16-6/h1-2,8H,3-5H2,(H,14,17)(H,15,16). The molecule has 0 aliphatic heterocycles. The van der Waals surface area contributed by atoms with Crippen molar-refractivity contribution in [3.05, 3.63) is 18.0 Å². The van der Waals surface area contributed by atoms with Crippen LogP contribution in [0, 0.1) is 0 Å². The van der Waals surface area contributed by atoms with Crippen LogP contribution in [0.3, 0.4) is 0 Å². The Labute approximate surface area is 99.5 Å². The fourth-order valence-corrected chi connectivity index (χ4v) is 0.971. The van der Waals surface area contributed by atoms with E-state index in [0.717, 1.165) is 0 Å². The second-order valence-corrected chi connectivity index (χ2v) is 3.41. The summed E-state index contributed by atoms with van der Waals surface area (Å²) in [6, 6.07) is 1.60. The van der Waals surface area contributed by atoms with Gasteiger partial charge in [-0.1, -0.05) is 0 Å². The summed E-state index contributed by atoms with van der Waals surface area (Å²) in [6.45, 7) is -2.09. The summed E-state index contributed by atoms with van der Waals surface area (Å²) in [5.41, 5.74) is 0.612. The summed E-state index contributed by atoms with van der Waals surface area (Å²) in [6.07, 6.45) is -2.34. The number of halogens is 4. The van der Waals surface area contributed by atoms with Crippen LogP contribution in [0.4, 0.5) is 17.6 Å². The topological polar surface area (TPSA) is 67.0 Å². The molecular formula is C9H11F4N3O2. The van der Waals surface area contributed by atoms with E-state index < -0.39 is 31.5 Å². The predicted molar refractivity (Wildman–Crippen MR) is 52.2 cm³/mol. The summed E-state index contributed by atoms with van der Waals surface area (Å²) in [5.74, 6) is -4.93. The lowest BCUT2D eigenvalue weighted by molar-refractivity contribution is -0.168. The Morgan fingerprint density at radius 2 is 2.28 bits per heavy atom. The Balaban J connectivity index is 2.18. The van der Waals surface area contributed by atoms with E-state index in [1.807, 2.05) is 0 Å². The number of ether oxygens (including phenoxy) is 1. The van der Waals surface area contributed by atoms with E-state index in [9.17, 15) is 22.4 Å². The van der Waals surface area contributed by atoms with E-state index >= 15 is 0 Å². The maximum Gasteiger partial charge on any atom is 0.330 e. The highest BCUT2D eigenvalue weighted by atomic mass is 19.3. The number of aromatic nitrogens is 2. The number of carbonyl (C=O) groups excluding carboxylic acids is 1. The van der Waals surface area contributed by atoms with E-state index in [-0.39, 0.29) is 6.54 Å². The molecule has 102 valence electrons. The maximum atomic E-state index is 12.4. The zero-order chi connectivity index (χ0) is 13.6. The smallest absolute Gasteiger partial charge is 0.330 e. The summed E-state index contributed by atoms with van der Waals surface area (Å²) >= 11 is 0. The van der Waals surface area contributed by atoms with Gasteiger partial charge in [0, 0.05) is 6.20 Å². The van der Waals surface area contributed by atoms with Crippen LogP contribution in [0.5, 0.6) is 0 Å². The molecule has 18 heavy (non-hydrogen) atoms. The van der Waals surface area contributed by atoms with Gasteiger partial charge < -0.3 is 10.1 Å². The van der Waals surface area contributed by atoms with Crippen molar-refractivity contribution in [2.24, 2.45) is 0 Å². The van der Waals surface area contributed by atoms with Crippen molar-refractivity contribution in [2.75, 3.05) is 13.2 Å². The largest absolute Gasteiger partial charge is 0.365 e. The van der Waals surface area contributed by atoms with Gasteiger partial charge in [0.05, 0.1) is 12.2 Å². The van der Waals surface area contributed by atoms with E-state index in [1.54, 1.807) is 6.07 Å². The average Bonchev–Trinajstić information content (AvgIpc) is 2.78. The van der Waals surface area contributed by atoms with Gasteiger partial charge in [-0.3, -0.25) is 9.89 Å². The molecule has 0 fully saturated rings. The fourth-order valence-electron chi connectivity index (χ4n) is 0.971. The number of H-pyrrole nitrogens is 1. The molecule has 0 atom stereocenters. The predicted octanol–water partition coefficient (Wildman–Crippen LogP) is 0.943. The molecule has 0 aliphatic carbocycles. The number of nitrogens with zero attached hydrogens (tertiary/aromatic N) is 1. The number of amides is 1. The fraction of sp³-hybridized carbons (Fsp3) is 0.556. The van der Waals surface area contributed by atoms with Crippen molar-refractivity contribution in [1.29, 1.82) is 0 Å². The van der Waals surface area contributed by atoms with Crippen molar-refractivity contribution in [1.82, 2.24) is 15.5 Å². The van der Waals surface area contributed by atoms with Crippen molar-refractivity contribution >= 4 is 5.91 Å². The first-order valence-corrected chi connectivity index (χ1v) is 4.90. The lowest BCUT2D eigenvalue weighted by Gasteiger charge is -2.14. The van der Waals surface area contributed by atoms with Crippen LogP contribution >= 0.6 is 0 Å². The Morgan fingerprint density at radius 1 is 1.56 bits per heavy atom. The first kappa shape index (κ1) is 14.4. The summed E-state index contributed by atoms with van der Waals surface area (Å²) in [4.78, 5) is 11.1. The Kier molecular flexibility index (Phi) is 5.08. The number of aromatic amines is 1. The monoisotopic (exact) mass is 269 g/mol. The zero-order valence-corrected chi connectivity index (χ0v) is 9.13. The highest BCUT2D eigenvalue weighted by Gasteiger charge is 2.41. The minimum absolute atomic E-state index is 0.118. The molecule has 9 heteroatoms. The number of hydrogen-bond donors (Lipinski definition) is 2. The average molecular weight is 269 g/mol. The number of rotatable bonds is 7. The number of alkyl halides is 4. The van der Waals surface area contributed by atoms with Gasteiger partial charge in [0.1, 0.15) is 13.2 Å². The van der Waals surface area contributed by atoms with Gasteiger partial charge in [-0.05, 0) is 6.07 Å². The third-order valence-corrected chi connectivity index (χ3v) is 1.88. The first-order valence-electron chi connectivity index (χ1n) is 4.90. The molecule has 0 spiro atoms. The number of carbonyl (C=O) groups is 1. The SMILES string of the molecule is O=C(COCC(F)(F)C(F)F)NCc1ccn[nH]1. The molecule has 0 aliphatic rings. The van der Waals surface area contributed by atoms with Crippen LogP contribution in [-0.2, 0) is 16.1 Å². The minimum atomic E-state index is -4.25. The Hall–Kier alpha value is -1.64. The molecule has 5 nitrogen and oxygen atoms in total. The van der Waals surface area contributed by atoms with E-state index in [4.69, 9.17) is 0 Å². The van der Waals surface area contributed by atoms with Crippen molar-refractivity contribution in [3.63, 3.8) is 0 Å².